The third kappa shape index (κ3) is 2.71. The van der Waals surface area contributed by atoms with Crippen molar-refractivity contribution in [3.63, 3.8) is 0 Å². The molecule has 0 radical (unpaired) electrons. The molecule has 0 bridgehead atoms. The zero-order valence-corrected chi connectivity index (χ0v) is 9.88. The van der Waals surface area contributed by atoms with Crippen LogP contribution in [0.3, 0.4) is 0 Å². The van der Waals surface area contributed by atoms with Crippen molar-refractivity contribution in [2.75, 3.05) is 5.32 Å². The minimum absolute atomic E-state index is 0.0398. The second kappa shape index (κ2) is 4.81. The summed E-state index contributed by atoms with van der Waals surface area (Å²) >= 11 is 0. The zero-order chi connectivity index (χ0) is 14.0. The average Bonchev–Trinajstić information content (AvgIpc) is 2.71. The highest BCUT2D eigenvalue weighted by atomic mass is 16.4. The molecule has 0 fully saturated rings. The standard InChI is InChI=1S/C12H10N2O5/c1-6-9(11(17)18)19-12(13-6)14-8-4-2-7(3-5-8)10(15)16/h2-5H,1H3,(H,13,14)(H,15,16)(H,17,18). The monoisotopic (exact) mass is 262 g/mol. The summed E-state index contributed by atoms with van der Waals surface area (Å²) in [5, 5.41) is 20.3. The van der Waals surface area contributed by atoms with Crippen molar-refractivity contribution in [2.45, 2.75) is 6.92 Å². The molecule has 98 valence electrons. The number of hydrogen-bond donors (Lipinski definition) is 3. The number of rotatable bonds is 4. The summed E-state index contributed by atoms with van der Waals surface area (Å²) in [6.45, 7) is 1.52. The largest absolute Gasteiger partial charge is 0.478 e. The van der Waals surface area contributed by atoms with Crippen LogP contribution in [-0.4, -0.2) is 27.1 Å². The molecule has 2 aromatic rings. The fourth-order valence-corrected chi connectivity index (χ4v) is 1.47. The second-order valence-electron chi connectivity index (χ2n) is 3.75. The van der Waals surface area contributed by atoms with Gasteiger partial charge in [0, 0.05) is 5.69 Å². The number of nitrogens with zero attached hydrogens (tertiary/aromatic N) is 1. The maximum absolute atomic E-state index is 10.8. The smallest absolute Gasteiger partial charge is 0.373 e. The molecule has 3 N–H and O–H groups in total. The van der Waals surface area contributed by atoms with Gasteiger partial charge in [-0.25, -0.2) is 9.59 Å². The molecule has 0 aliphatic rings. The topological polar surface area (TPSA) is 113 Å². The first-order chi connectivity index (χ1) is 8.97. The Morgan fingerprint density at radius 3 is 2.26 bits per heavy atom. The van der Waals surface area contributed by atoms with Crippen molar-refractivity contribution in [2.24, 2.45) is 0 Å². The van der Waals surface area contributed by atoms with Gasteiger partial charge in [-0.1, -0.05) is 0 Å². The van der Waals surface area contributed by atoms with Crippen LogP contribution < -0.4 is 5.32 Å². The summed E-state index contributed by atoms with van der Waals surface area (Å²) in [4.78, 5) is 25.4. The molecular formula is C12H10N2O5. The molecule has 0 saturated heterocycles. The van der Waals surface area contributed by atoms with Gasteiger partial charge in [0.15, 0.2) is 0 Å². The minimum Gasteiger partial charge on any atom is -0.478 e. The zero-order valence-electron chi connectivity index (χ0n) is 9.88. The van der Waals surface area contributed by atoms with E-state index in [1.807, 2.05) is 0 Å². The quantitative estimate of drug-likeness (QED) is 0.773. The molecule has 0 saturated carbocycles. The van der Waals surface area contributed by atoms with Gasteiger partial charge in [-0.3, -0.25) is 0 Å². The number of aromatic carboxylic acids is 2. The molecule has 0 unspecified atom stereocenters. The van der Waals surface area contributed by atoms with Crippen molar-refractivity contribution in [1.82, 2.24) is 4.98 Å². The lowest BCUT2D eigenvalue weighted by Gasteiger charge is -2.01. The van der Waals surface area contributed by atoms with E-state index in [9.17, 15) is 9.59 Å². The van der Waals surface area contributed by atoms with Gasteiger partial charge in [-0.15, -0.1) is 0 Å². The van der Waals surface area contributed by atoms with Crippen LogP contribution in [-0.2, 0) is 0 Å². The van der Waals surface area contributed by atoms with E-state index in [2.05, 4.69) is 10.3 Å². The van der Waals surface area contributed by atoms with Crippen LogP contribution in [0.5, 0.6) is 0 Å². The molecular weight excluding hydrogens is 252 g/mol. The van der Waals surface area contributed by atoms with Crippen molar-refractivity contribution in [3.8, 4) is 0 Å². The van der Waals surface area contributed by atoms with Gasteiger partial charge in [0.2, 0.25) is 5.76 Å². The van der Waals surface area contributed by atoms with Gasteiger partial charge < -0.3 is 19.9 Å². The molecule has 7 nitrogen and oxygen atoms in total. The van der Waals surface area contributed by atoms with Gasteiger partial charge in [0.1, 0.15) is 0 Å². The summed E-state index contributed by atoms with van der Waals surface area (Å²) in [7, 11) is 0. The lowest BCUT2D eigenvalue weighted by atomic mass is 10.2. The Morgan fingerprint density at radius 1 is 1.16 bits per heavy atom. The highest BCUT2D eigenvalue weighted by molar-refractivity contribution is 5.88. The molecule has 0 aliphatic heterocycles. The number of oxazole rings is 1. The predicted octanol–water partition coefficient (Wildman–Crippen LogP) is 2.12. The molecule has 0 atom stereocenters. The maximum Gasteiger partial charge on any atom is 0.373 e. The van der Waals surface area contributed by atoms with Crippen LogP contribution in [0, 0.1) is 6.92 Å². The number of benzene rings is 1. The second-order valence-corrected chi connectivity index (χ2v) is 3.75. The van der Waals surface area contributed by atoms with Gasteiger partial charge in [-0.05, 0) is 31.2 Å². The third-order valence-corrected chi connectivity index (χ3v) is 2.37. The van der Waals surface area contributed by atoms with Crippen LogP contribution in [0.15, 0.2) is 28.7 Å². The fourth-order valence-electron chi connectivity index (χ4n) is 1.47. The molecule has 7 heteroatoms. The number of aromatic nitrogens is 1. The number of carbonyl (C=O) groups is 2. The molecule has 0 spiro atoms. The summed E-state index contributed by atoms with van der Waals surface area (Å²) < 4.78 is 5.02. The van der Waals surface area contributed by atoms with Crippen molar-refractivity contribution < 1.29 is 24.2 Å². The lowest BCUT2D eigenvalue weighted by Crippen LogP contribution is -1.96. The first kappa shape index (κ1) is 12.6. The molecule has 19 heavy (non-hydrogen) atoms. The Kier molecular flexibility index (Phi) is 3.19. The summed E-state index contributed by atoms with van der Waals surface area (Å²) in [5.41, 5.74) is 0.959. The molecule has 2 rings (SSSR count). The van der Waals surface area contributed by atoms with Crippen molar-refractivity contribution in [3.05, 3.63) is 41.3 Å². The highest BCUT2D eigenvalue weighted by Gasteiger charge is 2.16. The van der Waals surface area contributed by atoms with E-state index in [4.69, 9.17) is 14.6 Å². The predicted molar refractivity (Wildman–Crippen MR) is 64.9 cm³/mol. The normalized spacial score (nSPS) is 10.2. The summed E-state index contributed by atoms with van der Waals surface area (Å²) in [6.07, 6.45) is 0. The van der Waals surface area contributed by atoms with Crippen LogP contribution in [0.2, 0.25) is 0 Å². The lowest BCUT2D eigenvalue weighted by molar-refractivity contribution is 0.0659. The van der Waals surface area contributed by atoms with E-state index in [1.165, 1.54) is 31.2 Å². The number of carboxylic acid groups (broad SMARTS) is 2. The van der Waals surface area contributed by atoms with Gasteiger partial charge in [0.05, 0.1) is 11.3 Å². The highest BCUT2D eigenvalue weighted by Crippen LogP contribution is 2.19. The van der Waals surface area contributed by atoms with Gasteiger partial charge >= 0.3 is 11.9 Å². The van der Waals surface area contributed by atoms with Gasteiger partial charge in [-0.2, -0.15) is 4.98 Å². The van der Waals surface area contributed by atoms with Crippen LogP contribution >= 0.6 is 0 Å². The molecule has 1 aromatic carbocycles. The Hall–Kier alpha value is -2.83. The summed E-state index contributed by atoms with van der Waals surface area (Å²) in [5.74, 6) is -2.45. The first-order valence-corrected chi connectivity index (χ1v) is 5.28. The van der Waals surface area contributed by atoms with Crippen LogP contribution in [0.1, 0.15) is 26.6 Å². The average molecular weight is 262 g/mol. The van der Waals surface area contributed by atoms with E-state index < -0.39 is 11.9 Å². The van der Waals surface area contributed by atoms with Crippen LogP contribution in [0.25, 0.3) is 0 Å². The Morgan fingerprint density at radius 2 is 1.79 bits per heavy atom. The SMILES string of the molecule is Cc1nc(Nc2ccc(C(=O)O)cc2)oc1C(=O)O. The number of anilines is 2. The van der Waals surface area contributed by atoms with E-state index in [0.717, 1.165) is 0 Å². The number of carboxylic acids is 2. The van der Waals surface area contributed by atoms with E-state index >= 15 is 0 Å². The molecule has 0 aliphatic carbocycles. The van der Waals surface area contributed by atoms with E-state index in [1.54, 1.807) is 0 Å². The number of hydrogen-bond acceptors (Lipinski definition) is 5. The first-order valence-electron chi connectivity index (χ1n) is 5.28. The molecule has 1 aromatic heterocycles. The van der Waals surface area contributed by atoms with E-state index in [0.29, 0.717) is 5.69 Å². The number of nitrogens with one attached hydrogen (secondary N) is 1. The Bertz CT molecular complexity index is 630. The van der Waals surface area contributed by atoms with E-state index in [-0.39, 0.29) is 23.0 Å². The van der Waals surface area contributed by atoms with Crippen molar-refractivity contribution >= 4 is 23.6 Å². The van der Waals surface area contributed by atoms with Crippen molar-refractivity contribution in [1.29, 1.82) is 0 Å². The Labute approximate surface area is 107 Å². The summed E-state index contributed by atoms with van der Waals surface area (Å²) in [6, 6.07) is 5.93. The maximum atomic E-state index is 10.8. The molecule has 0 amide bonds. The molecule has 1 heterocycles. The fraction of sp³-hybridized carbons (Fsp3) is 0.0833. The third-order valence-electron chi connectivity index (χ3n) is 2.37. The number of aryl methyl sites for hydroxylation is 1. The van der Waals surface area contributed by atoms with Crippen LogP contribution in [0.4, 0.5) is 11.7 Å². The van der Waals surface area contributed by atoms with Gasteiger partial charge in [0.25, 0.3) is 6.01 Å². The Balaban J connectivity index is 2.19. The minimum atomic E-state index is -1.20.